The first kappa shape index (κ1) is 19.4. The van der Waals surface area contributed by atoms with Crippen LogP contribution in [0.15, 0.2) is 34.4 Å². The molecule has 2 aromatic rings. The zero-order valence-corrected chi connectivity index (χ0v) is 15.4. The number of hydrogen-bond donors (Lipinski definition) is 2. The maximum absolute atomic E-state index is 12.1. The molecule has 0 unspecified atom stereocenters. The van der Waals surface area contributed by atoms with E-state index in [0.29, 0.717) is 17.1 Å². The molecule has 0 fully saturated rings. The Morgan fingerprint density at radius 3 is 2.23 bits per heavy atom. The smallest absolute Gasteiger partial charge is 0.326 e. The number of aryl methyl sites for hydroxylation is 1. The lowest BCUT2D eigenvalue weighted by Gasteiger charge is -2.14. The zero-order valence-electron chi connectivity index (χ0n) is 14.6. The van der Waals surface area contributed by atoms with E-state index in [1.54, 1.807) is 36.6 Å². The quantitative estimate of drug-likeness (QED) is 0.746. The molecule has 1 heterocycles. The SMILES string of the molecule is CC(=O)Nc1ccc(NC(=O)[C@H](C)OC(=O)Cn2c(C)csc2=O)cc1. The first-order valence-electron chi connectivity index (χ1n) is 7.79. The van der Waals surface area contributed by atoms with E-state index in [1.165, 1.54) is 18.4 Å². The molecule has 1 aromatic carbocycles. The largest absolute Gasteiger partial charge is 0.451 e. The summed E-state index contributed by atoms with van der Waals surface area (Å²) in [7, 11) is 0. The third kappa shape index (κ3) is 5.28. The van der Waals surface area contributed by atoms with E-state index >= 15 is 0 Å². The highest BCUT2D eigenvalue weighted by Crippen LogP contribution is 2.14. The molecule has 138 valence electrons. The predicted octanol–water partition coefficient (Wildman–Crippen LogP) is 1.75. The van der Waals surface area contributed by atoms with Gasteiger partial charge in [0, 0.05) is 29.4 Å². The fourth-order valence-electron chi connectivity index (χ4n) is 2.10. The molecule has 0 bridgehead atoms. The van der Waals surface area contributed by atoms with Gasteiger partial charge in [-0.05, 0) is 38.1 Å². The molecule has 0 saturated carbocycles. The molecule has 2 amide bonds. The van der Waals surface area contributed by atoms with E-state index < -0.39 is 18.0 Å². The van der Waals surface area contributed by atoms with Crippen LogP contribution in [0.1, 0.15) is 19.5 Å². The van der Waals surface area contributed by atoms with E-state index in [-0.39, 0.29) is 17.3 Å². The summed E-state index contributed by atoms with van der Waals surface area (Å²) >= 11 is 0.999. The van der Waals surface area contributed by atoms with Crippen LogP contribution in [0.2, 0.25) is 0 Å². The lowest BCUT2D eigenvalue weighted by molar-refractivity contribution is -0.153. The van der Waals surface area contributed by atoms with E-state index in [9.17, 15) is 19.2 Å². The molecule has 0 spiro atoms. The molecule has 9 heteroatoms. The van der Waals surface area contributed by atoms with E-state index in [4.69, 9.17) is 4.74 Å². The number of esters is 1. The summed E-state index contributed by atoms with van der Waals surface area (Å²) in [5, 5.41) is 6.88. The van der Waals surface area contributed by atoms with Crippen LogP contribution in [-0.2, 0) is 25.7 Å². The molecule has 0 aliphatic heterocycles. The molecule has 26 heavy (non-hydrogen) atoms. The second kappa shape index (κ2) is 8.43. The van der Waals surface area contributed by atoms with Crippen molar-refractivity contribution in [2.24, 2.45) is 0 Å². The van der Waals surface area contributed by atoms with Crippen LogP contribution in [0.4, 0.5) is 11.4 Å². The molecule has 0 aliphatic rings. The Labute approximate surface area is 153 Å². The van der Waals surface area contributed by atoms with Crippen LogP contribution in [0, 0.1) is 6.92 Å². The Hall–Kier alpha value is -2.94. The van der Waals surface area contributed by atoms with Crippen molar-refractivity contribution in [1.82, 2.24) is 4.57 Å². The molecule has 0 radical (unpaired) electrons. The zero-order chi connectivity index (χ0) is 19.3. The van der Waals surface area contributed by atoms with Gasteiger partial charge >= 0.3 is 10.8 Å². The lowest BCUT2D eigenvalue weighted by Crippen LogP contribution is -2.32. The number of aromatic nitrogens is 1. The molecule has 2 N–H and O–H groups in total. The molecule has 0 saturated heterocycles. The number of rotatable bonds is 6. The summed E-state index contributed by atoms with van der Waals surface area (Å²) in [5.74, 6) is -1.36. The van der Waals surface area contributed by atoms with Gasteiger partial charge in [0.1, 0.15) is 6.54 Å². The Bertz CT molecular complexity index is 869. The summed E-state index contributed by atoms with van der Waals surface area (Å²) in [6.45, 7) is 4.32. The maximum Gasteiger partial charge on any atom is 0.326 e. The Morgan fingerprint density at radius 2 is 1.73 bits per heavy atom. The monoisotopic (exact) mass is 377 g/mol. The number of ether oxygens (including phenoxy) is 1. The van der Waals surface area contributed by atoms with Crippen LogP contribution in [-0.4, -0.2) is 28.5 Å². The highest BCUT2D eigenvalue weighted by atomic mass is 32.1. The molecule has 0 aliphatic carbocycles. The van der Waals surface area contributed by atoms with Gasteiger partial charge in [0.05, 0.1) is 0 Å². The van der Waals surface area contributed by atoms with Gasteiger partial charge in [0.25, 0.3) is 5.91 Å². The minimum absolute atomic E-state index is 0.192. The number of thiazole rings is 1. The highest BCUT2D eigenvalue weighted by molar-refractivity contribution is 7.07. The number of amides is 2. The number of carbonyl (C=O) groups excluding carboxylic acids is 3. The summed E-state index contributed by atoms with van der Waals surface area (Å²) in [5.41, 5.74) is 1.76. The van der Waals surface area contributed by atoms with Gasteiger partial charge in [0.2, 0.25) is 5.91 Å². The summed E-state index contributed by atoms with van der Waals surface area (Å²) in [6, 6.07) is 6.51. The maximum atomic E-state index is 12.1. The number of carbonyl (C=O) groups is 3. The topological polar surface area (TPSA) is 106 Å². The summed E-state index contributed by atoms with van der Waals surface area (Å²) in [4.78, 5) is 46.4. The third-order valence-electron chi connectivity index (χ3n) is 3.41. The van der Waals surface area contributed by atoms with Crippen molar-refractivity contribution in [3.63, 3.8) is 0 Å². The third-order valence-corrected chi connectivity index (χ3v) is 4.29. The summed E-state index contributed by atoms with van der Waals surface area (Å²) in [6.07, 6.45) is -1.02. The molecule has 1 aromatic heterocycles. The van der Waals surface area contributed by atoms with Crippen LogP contribution < -0.4 is 15.5 Å². The number of anilines is 2. The minimum Gasteiger partial charge on any atom is -0.451 e. The second-order valence-corrected chi connectivity index (χ2v) is 6.43. The van der Waals surface area contributed by atoms with E-state index in [1.807, 2.05) is 0 Å². The van der Waals surface area contributed by atoms with Gasteiger partial charge in [-0.2, -0.15) is 0 Å². The van der Waals surface area contributed by atoms with Gasteiger partial charge < -0.3 is 15.4 Å². The highest BCUT2D eigenvalue weighted by Gasteiger charge is 2.19. The lowest BCUT2D eigenvalue weighted by atomic mass is 10.2. The molecule has 8 nitrogen and oxygen atoms in total. The van der Waals surface area contributed by atoms with E-state index in [0.717, 1.165) is 11.3 Å². The van der Waals surface area contributed by atoms with Crippen molar-refractivity contribution in [3.8, 4) is 0 Å². The van der Waals surface area contributed by atoms with Crippen LogP contribution >= 0.6 is 11.3 Å². The predicted molar refractivity (Wildman–Crippen MR) is 98.2 cm³/mol. The van der Waals surface area contributed by atoms with Crippen LogP contribution in [0.25, 0.3) is 0 Å². The minimum atomic E-state index is -1.02. The Morgan fingerprint density at radius 1 is 1.15 bits per heavy atom. The number of hydrogen-bond acceptors (Lipinski definition) is 6. The molecule has 2 rings (SSSR count). The van der Waals surface area contributed by atoms with Crippen molar-refractivity contribution in [1.29, 1.82) is 0 Å². The first-order valence-corrected chi connectivity index (χ1v) is 8.67. The summed E-state index contributed by atoms with van der Waals surface area (Å²) < 4.78 is 6.37. The van der Waals surface area contributed by atoms with Gasteiger partial charge in [0.15, 0.2) is 6.10 Å². The molecule has 1 atom stereocenters. The van der Waals surface area contributed by atoms with Crippen molar-refractivity contribution in [2.75, 3.05) is 10.6 Å². The Balaban J connectivity index is 1.89. The van der Waals surface area contributed by atoms with Crippen LogP contribution in [0.3, 0.4) is 0 Å². The van der Waals surface area contributed by atoms with Crippen molar-refractivity contribution in [3.05, 3.63) is 45.0 Å². The first-order chi connectivity index (χ1) is 12.3. The number of benzene rings is 1. The normalized spacial score (nSPS) is 11.5. The number of nitrogens with one attached hydrogen (secondary N) is 2. The van der Waals surface area contributed by atoms with Gasteiger partial charge in [-0.1, -0.05) is 11.3 Å². The molecular formula is C17H19N3O5S. The standard InChI is InChI=1S/C17H19N3O5S/c1-10-9-26-17(24)20(10)8-15(22)25-11(2)16(23)19-14-6-4-13(5-7-14)18-12(3)21/h4-7,9,11H,8H2,1-3H3,(H,18,21)(H,19,23)/t11-/m0/s1. The molecular weight excluding hydrogens is 358 g/mol. The second-order valence-electron chi connectivity index (χ2n) is 5.61. The van der Waals surface area contributed by atoms with Crippen molar-refractivity contribution in [2.45, 2.75) is 33.4 Å². The van der Waals surface area contributed by atoms with Crippen molar-refractivity contribution >= 4 is 40.5 Å². The van der Waals surface area contributed by atoms with E-state index in [2.05, 4.69) is 10.6 Å². The van der Waals surface area contributed by atoms with Crippen LogP contribution in [0.5, 0.6) is 0 Å². The van der Waals surface area contributed by atoms with Gasteiger partial charge in [-0.25, -0.2) is 0 Å². The van der Waals surface area contributed by atoms with Gasteiger partial charge in [-0.15, -0.1) is 0 Å². The van der Waals surface area contributed by atoms with Crippen molar-refractivity contribution < 1.29 is 19.1 Å². The number of nitrogens with zero attached hydrogens (tertiary/aromatic N) is 1. The Kier molecular flexibility index (Phi) is 6.29. The fourth-order valence-corrected chi connectivity index (χ4v) is 2.83. The van der Waals surface area contributed by atoms with Gasteiger partial charge in [-0.3, -0.25) is 23.7 Å². The average molecular weight is 377 g/mol. The fraction of sp³-hybridized carbons (Fsp3) is 0.294. The average Bonchev–Trinajstić information content (AvgIpc) is 2.88.